The molecule has 74 valence electrons. The van der Waals surface area contributed by atoms with Crippen LogP contribution in [0.5, 0.6) is 0 Å². The van der Waals surface area contributed by atoms with Gasteiger partial charge in [-0.1, -0.05) is 11.6 Å². The average Bonchev–Trinajstić information content (AvgIpc) is 2.48. The Balaban J connectivity index is 2.54. The zero-order valence-corrected chi connectivity index (χ0v) is 8.64. The molecular weight excluding hydrogens is 200 g/mol. The van der Waals surface area contributed by atoms with Crippen molar-refractivity contribution in [3.05, 3.63) is 28.6 Å². The number of fused-ring (bicyclic) bond motifs is 1. The fourth-order valence-electron chi connectivity index (χ4n) is 1.33. The van der Waals surface area contributed by atoms with E-state index < -0.39 is 0 Å². The predicted octanol–water partition coefficient (Wildman–Crippen LogP) is 2.29. The Morgan fingerprint density at radius 1 is 1.50 bits per heavy atom. The Bertz CT molecular complexity index is 425. The summed E-state index contributed by atoms with van der Waals surface area (Å²) in [6.45, 7) is 2.48. The van der Waals surface area contributed by atoms with Crippen molar-refractivity contribution in [1.82, 2.24) is 4.98 Å². The summed E-state index contributed by atoms with van der Waals surface area (Å²) in [6.07, 6.45) is 0.658. The molecule has 4 heteroatoms. The lowest BCUT2D eigenvalue weighted by atomic mass is 10.2. The number of oxazole rings is 1. The molecule has 14 heavy (non-hydrogen) atoms. The van der Waals surface area contributed by atoms with E-state index in [9.17, 15) is 0 Å². The Labute approximate surface area is 86.9 Å². The second-order valence-electron chi connectivity index (χ2n) is 3.22. The van der Waals surface area contributed by atoms with Crippen LogP contribution in [0.4, 0.5) is 0 Å². The van der Waals surface area contributed by atoms with Gasteiger partial charge in [-0.25, -0.2) is 4.98 Å². The number of nitrogens with two attached hydrogens (primary N) is 1. The molecule has 0 unspecified atom stereocenters. The third-order valence-electron chi connectivity index (χ3n) is 2.07. The summed E-state index contributed by atoms with van der Waals surface area (Å²) in [6, 6.07) is 3.71. The van der Waals surface area contributed by atoms with Gasteiger partial charge >= 0.3 is 0 Å². The molecule has 0 aliphatic rings. The first-order valence-electron chi connectivity index (χ1n) is 4.46. The monoisotopic (exact) mass is 210 g/mol. The van der Waals surface area contributed by atoms with Gasteiger partial charge in [-0.2, -0.15) is 0 Å². The Hall–Kier alpha value is -1.06. The Kier molecular flexibility index (Phi) is 2.44. The van der Waals surface area contributed by atoms with E-state index in [1.54, 1.807) is 6.07 Å². The third kappa shape index (κ3) is 1.61. The van der Waals surface area contributed by atoms with E-state index in [-0.39, 0.29) is 0 Å². The highest BCUT2D eigenvalue weighted by Crippen LogP contribution is 2.23. The highest BCUT2D eigenvalue weighted by atomic mass is 35.5. The number of hydrogen-bond acceptors (Lipinski definition) is 3. The minimum absolute atomic E-state index is 0.541. The van der Waals surface area contributed by atoms with Crippen molar-refractivity contribution in [2.24, 2.45) is 5.73 Å². The second kappa shape index (κ2) is 3.59. The lowest BCUT2D eigenvalue weighted by Crippen LogP contribution is -2.02. The van der Waals surface area contributed by atoms with Crippen LogP contribution in [-0.2, 0) is 6.42 Å². The number of benzene rings is 1. The fourth-order valence-corrected chi connectivity index (χ4v) is 1.49. The highest BCUT2D eigenvalue weighted by Gasteiger charge is 2.07. The van der Waals surface area contributed by atoms with Crippen LogP contribution in [0.1, 0.15) is 11.5 Å². The van der Waals surface area contributed by atoms with Gasteiger partial charge in [0.05, 0.1) is 0 Å². The molecule has 0 aliphatic heterocycles. The molecule has 0 amide bonds. The minimum Gasteiger partial charge on any atom is -0.441 e. The molecule has 0 bridgehead atoms. The first kappa shape index (κ1) is 9.49. The number of nitrogens with zero attached hydrogens (tertiary/aromatic N) is 1. The standard InChI is InChI=1S/C10H11ClN2O/c1-6-4-8-9(5-7(6)11)14-10(13-8)2-3-12/h4-5H,2-3,12H2,1H3. The van der Waals surface area contributed by atoms with Crippen LogP contribution in [0.15, 0.2) is 16.5 Å². The summed E-state index contributed by atoms with van der Waals surface area (Å²) >= 11 is 5.96. The van der Waals surface area contributed by atoms with Gasteiger partial charge in [0.15, 0.2) is 11.5 Å². The first-order valence-corrected chi connectivity index (χ1v) is 4.84. The Morgan fingerprint density at radius 2 is 2.29 bits per heavy atom. The highest BCUT2D eigenvalue weighted by molar-refractivity contribution is 6.31. The van der Waals surface area contributed by atoms with Gasteiger partial charge < -0.3 is 10.2 Å². The van der Waals surface area contributed by atoms with E-state index >= 15 is 0 Å². The lowest BCUT2D eigenvalue weighted by molar-refractivity contribution is 0.531. The van der Waals surface area contributed by atoms with Gasteiger partial charge in [0.2, 0.25) is 0 Å². The van der Waals surface area contributed by atoms with Crippen LogP contribution in [0.25, 0.3) is 11.1 Å². The van der Waals surface area contributed by atoms with Crippen molar-refractivity contribution in [2.45, 2.75) is 13.3 Å². The maximum Gasteiger partial charge on any atom is 0.196 e. The second-order valence-corrected chi connectivity index (χ2v) is 3.62. The van der Waals surface area contributed by atoms with Gasteiger partial charge in [0, 0.05) is 24.1 Å². The average molecular weight is 211 g/mol. The first-order chi connectivity index (χ1) is 6.70. The largest absolute Gasteiger partial charge is 0.441 e. The van der Waals surface area contributed by atoms with Crippen molar-refractivity contribution in [3.8, 4) is 0 Å². The summed E-state index contributed by atoms with van der Waals surface area (Å²) in [7, 11) is 0. The number of rotatable bonds is 2. The van der Waals surface area contributed by atoms with E-state index in [0.29, 0.717) is 23.9 Å². The summed E-state index contributed by atoms with van der Waals surface area (Å²) in [5.41, 5.74) is 7.99. The van der Waals surface area contributed by atoms with E-state index in [4.69, 9.17) is 21.8 Å². The van der Waals surface area contributed by atoms with Crippen molar-refractivity contribution in [2.75, 3.05) is 6.54 Å². The number of hydrogen-bond donors (Lipinski definition) is 1. The molecule has 0 spiro atoms. The molecule has 0 radical (unpaired) electrons. The summed E-state index contributed by atoms with van der Waals surface area (Å²) in [5, 5.41) is 0.702. The van der Waals surface area contributed by atoms with E-state index in [1.165, 1.54) is 0 Å². The quantitative estimate of drug-likeness (QED) is 0.828. The van der Waals surface area contributed by atoms with E-state index in [2.05, 4.69) is 4.98 Å². The van der Waals surface area contributed by atoms with Crippen LogP contribution in [-0.4, -0.2) is 11.5 Å². The molecule has 2 aromatic rings. The molecule has 3 nitrogen and oxygen atoms in total. The molecule has 0 aliphatic carbocycles. The molecule has 1 aromatic heterocycles. The molecule has 0 saturated carbocycles. The van der Waals surface area contributed by atoms with Crippen molar-refractivity contribution >= 4 is 22.7 Å². The zero-order valence-electron chi connectivity index (χ0n) is 7.88. The molecule has 0 fully saturated rings. The predicted molar refractivity (Wildman–Crippen MR) is 56.5 cm³/mol. The van der Waals surface area contributed by atoms with Crippen molar-refractivity contribution < 1.29 is 4.42 Å². The van der Waals surface area contributed by atoms with Crippen LogP contribution in [0.2, 0.25) is 5.02 Å². The van der Waals surface area contributed by atoms with Crippen molar-refractivity contribution in [1.29, 1.82) is 0 Å². The fraction of sp³-hybridized carbons (Fsp3) is 0.300. The third-order valence-corrected chi connectivity index (χ3v) is 2.48. The normalized spacial score (nSPS) is 11.1. The van der Waals surface area contributed by atoms with Crippen LogP contribution in [0, 0.1) is 6.92 Å². The zero-order chi connectivity index (χ0) is 10.1. The number of halogens is 1. The number of aryl methyl sites for hydroxylation is 1. The van der Waals surface area contributed by atoms with Gasteiger partial charge in [-0.05, 0) is 18.6 Å². The number of aromatic nitrogens is 1. The van der Waals surface area contributed by atoms with Crippen LogP contribution < -0.4 is 5.73 Å². The summed E-state index contributed by atoms with van der Waals surface area (Å²) in [5.74, 6) is 0.671. The molecular formula is C10H11ClN2O. The van der Waals surface area contributed by atoms with Gasteiger partial charge in [0.1, 0.15) is 5.52 Å². The van der Waals surface area contributed by atoms with Gasteiger partial charge in [0.25, 0.3) is 0 Å². The summed E-state index contributed by atoms with van der Waals surface area (Å²) in [4.78, 5) is 4.30. The molecule has 1 heterocycles. The molecule has 1 aromatic carbocycles. The lowest BCUT2D eigenvalue weighted by Gasteiger charge is -1.94. The van der Waals surface area contributed by atoms with Crippen molar-refractivity contribution in [3.63, 3.8) is 0 Å². The van der Waals surface area contributed by atoms with Crippen LogP contribution >= 0.6 is 11.6 Å². The van der Waals surface area contributed by atoms with Crippen LogP contribution in [0.3, 0.4) is 0 Å². The van der Waals surface area contributed by atoms with E-state index in [0.717, 1.165) is 16.7 Å². The molecule has 2 N–H and O–H groups in total. The summed E-state index contributed by atoms with van der Waals surface area (Å²) < 4.78 is 5.47. The molecule has 2 rings (SSSR count). The van der Waals surface area contributed by atoms with Gasteiger partial charge in [-0.15, -0.1) is 0 Å². The minimum atomic E-state index is 0.541. The van der Waals surface area contributed by atoms with Gasteiger partial charge in [-0.3, -0.25) is 0 Å². The molecule has 0 saturated heterocycles. The molecule has 0 atom stereocenters. The SMILES string of the molecule is Cc1cc2nc(CCN)oc2cc1Cl. The maximum atomic E-state index is 5.96. The Morgan fingerprint density at radius 3 is 3.00 bits per heavy atom. The topological polar surface area (TPSA) is 52.0 Å². The van der Waals surface area contributed by atoms with E-state index in [1.807, 2.05) is 13.0 Å². The smallest absolute Gasteiger partial charge is 0.196 e. The maximum absolute atomic E-state index is 5.96.